The SMILES string of the molecule is C=CCC(N)C(=O)N1CC(C)(C)OC(C)(C)C1. The van der Waals surface area contributed by atoms with Crippen molar-refractivity contribution in [3.05, 3.63) is 12.7 Å². The zero-order chi connectivity index (χ0) is 13.3. The van der Waals surface area contributed by atoms with Crippen LogP contribution in [0.3, 0.4) is 0 Å². The van der Waals surface area contributed by atoms with Crippen molar-refractivity contribution in [1.29, 1.82) is 0 Å². The molecule has 1 unspecified atom stereocenters. The first kappa shape index (κ1) is 14.2. The number of carbonyl (C=O) groups excluding carboxylic acids is 1. The van der Waals surface area contributed by atoms with Crippen LogP contribution in [0.5, 0.6) is 0 Å². The molecule has 1 rings (SSSR count). The lowest BCUT2D eigenvalue weighted by Gasteiger charge is -2.47. The highest BCUT2D eigenvalue weighted by molar-refractivity contribution is 5.82. The second-order valence-electron chi connectivity index (χ2n) is 5.95. The van der Waals surface area contributed by atoms with Gasteiger partial charge in [0.15, 0.2) is 0 Å². The Morgan fingerprint density at radius 2 is 1.88 bits per heavy atom. The van der Waals surface area contributed by atoms with E-state index in [2.05, 4.69) is 6.58 Å². The predicted molar refractivity (Wildman–Crippen MR) is 68.6 cm³/mol. The second kappa shape index (κ2) is 4.78. The number of amides is 1. The molecule has 0 aromatic heterocycles. The minimum Gasteiger partial charge on any atom is -0.366 e. The number of morpholine rings is 1. The molecule has 1 amide bonds. The van der Waals surface area contributed by atoms with E-state index in [4.69, 9.17) is 10.5 Å². The number of nitrogens with two attached hydrogens (primary N) is 1. The summed E-state index contributed by atoms with van der Waals surface area (Å²) < 4.78 is 5.93. The molecular weight excluding hydrogens is 216 g/mol. The molecule has 98 valence electrons. The highest BCUT2D eigenvalue weighted by Crippen LogP contribution is 2.28. The van der Waals surface area contributed by atoms with E-state index in [0.717, 1.165) is 0 Å². The fourth-order valence-corrected chi connectivity index (χ4v) is 2.46. The van der Waals surface area contributed by atoms with Crippen molar-refractivity contribution in [2.24, 2.45) is 5.73 Å². The van der Waals surface area contributed by atoms with Crippen LogP contribution < -0.4 is 5.73 Å². The van der Waals surface area contributed by atoms with Crippen LogP contribution in [-0.2, 0) is 9.53 Å². The normalized spacial score (nSPS) is 24.2. The van der Waals surface area contributed by atoms with Gasteiger partial charge in [-0.05, 0) is 34.1 Å². The van der Waals surface area contributed by atoms with Gasteiger partial charge in [0.25, 0.3) is 0 Å². The Bertz CT molecular complexity index is 295. The van der Waals surface area contributed by atoms with E-state index in [1.165, 1.54) is 0 Å². The van der Waals surface area contributed by atoms with Crippen LogP contribution >= 0.6 is 0 Å². The molecule has 1 atom stereocenters. The van der Waals surface area contributed by atoms with Crippen molar-refractivity contribution in [2.75, 3.05) is 13.1 Å². The molecule has 2 N–H and O–H groups in total. The lowest BCUT2D eigenvalue weighted by atomic mass is 9.98. The van der Waals surface area contributed by atoms with Crippen LogP contribution in [0.1, 0.15) is 34.1 Å². The smallest absolute Gasteiger partial charge is 0.240 e. The number of hydrogen-bond acceptors (Lipinski definition) is 3. The van der Waals surface area contributed by atoms with Gasteiger partial charge in [0.1, 0.15) is 0 Å². The first-order chi connectivity index (χ1) is 7.67. The Labute approximate surface area is 104 Å². The van der Waals surface area contributed by atoms with Gasteiger partial charge in [-0.1, -0.05) is 6.08 Å². The lowest BCUT2D eigenvalue weighted by molar-refractivity contribution is -0.188. The topological polar surface area (TPSA) is 55.6 Å². The predicted octanol–water partition coefficient (Wildman–Crippen LogP) is 1.31. The third-order valence-electron chi connectivity index (χ3n) is 2.75. The number of rotatable bonds is 3. The number of ether oxygens (including phenoxy) is 1. The van der Waals surface area contributed by atoms with E-state index in [0.29, 0.717) is 19.5 Å². The van der Waals surface area contributed by atoms with Crippen molar-refractivity contribution in [1.82, 2.24) is 4.90 Å². The maximum absolute atomic E-state index is 12.2. The summed E-state index contributed by atoms with van der Waals surface area (Å²) in [5, 5.41) is 0. The van der Waals surface area contributed by atoms with Crippen LogP contribution in [0, 0.1) is 0 Å². The Morgan fingerprint density at radius 3 is 2.29 bits per heavy atom. The molecule has 0 aromatic rings. The third-order valence-corrected chi connectivity index (χ3v) is 2.75. The molecule has 17 heavy (non-hydrogen) atoms. The quantitative estimate of drug-likeness (QED) is 0.757. The van der Waals surface area contributed by atoms with E-state index >= 15 is 0 Å². The molecule has 1 aliphatic heterocycles. The van der Waals surface area contributed by atoms with Crippen molar-refractivity contribution < 1.29 is 9.53 Å². The van der Waals surface area contributed by atoms with Crippen molar-refractivity contribution >= 4 is 5.91 Å². The van der Waals surface area contributed by atoms with Gasteiger partial charge in [-0.25, -0.2) is 0 Å². The summed E-state index contributed by atoms with van der Waals surface area (Å²) in [6.45, 7) is 12.7. The van der Waals surface area contributed by atoms with E-state index < -0.39 is 6.04 Å². The van der Waals surface area contributed by atoms with Gasteiger partial charge in [0, 0.05) is 13.1 Å². The standard InChI is InChI=1S/C13H24N2O2/c1-6-7-10(14)11(16)15-8-12(2,3)17-13(4,5)9-15/h6,10H,1,7-9,14H2,2-5H3. The Hall–Kier alpha value is -0.870. The number of nitrogens with zero attached hydrogens (tertiary/aromatic N) is 1. The molecule has 4 heteroatoms. The van der Waals surface area contributed by atoms with Gasteiger partial charge in [-0.2, -0.15) is 0 Å². The molecule has 1 saturated heterocycles. The minimum absolute atomic E-state index is 0.0191. The molecule has 1 heterocycles. The van der Waals surface area contributed by atoms with Crippen LogP contribution in [0.2, 0.25) is 0 Å². The fourth-order valence-electron chi connectivity index (χ4n) is 2.46. The molecule has 0 saturated carbocycles. The molecule has 0 aliphatic carbocycles. The molecule has 0 radical (unpaired) electrons. The van der Waals surface area contributed by atoms with Gasteiger partial charge in [-0.15, -0.1) is 6.58 Å². The van der Waals surface area contributed by atoms with E-state index in [9.17, 15) is 4.79 Å². The largest absolute Gasteiger partial charge is 0.366 e. The number of hydrogen-bond donors (Lipinski definition) is 1. The average molecular weight is 240 g/mol. The summed E-state index contributed by atoms with van der Waals surface area (Å²) >= 11 is 0. The molecular formula is C13H24N2O2. The molecule has 1 fully saturated rings. The zero-order valence-corrected chi connectivity index (χ0v) is 11.3. The van der Waals surface area contributed by atoms with E-state index in [1.807, 2.05) is 27.7 Å². The highest BCUT2D eigenvalue weighted by atomic mass is 16.5. The van der Waals surface area contributed by atoms with Gasteiger partial charge in [0.2, 0.25) is 5.91 Å². The minimum atomic E-state index is -0.489. The second-order valence-corrected chi connectivity index (χ2v) is 5.95. The van der Waals surface area contributed by atoms with Crippen molar-refractivity contribution in [2.45, 2.75) is 51.4 Å². The molecule has 0 aromatic carbocycles. The summed E-state index contributed by atoms with van der Waals surface area (Å²) in [5.41, 5.74) is 5.18. The molecule has 0 spiro atoms. The van der Waals surface area contributed by atoms with Gasteiger partial charge in [-0.3, -0.25) is 4.79 Å². The van der Waals surface area contributed by atoms with Gasteiger partial charge >= 0.3 is 0 Å². The van der Waals surface area contributed by atoms with Crippen LogP contribution in [-0.4, -0.2) is 41.1 Å². The van der Waals surface area contributed by atoms with E-state index in [1.54, 1.807) is 11.0 Å². The Kier molecular flexibility index (Phi) is 3.99. The lowest BCUT2D eigenvalue weighted by Crippen LogP contribution is -2.61. The van der Waals surface area contributed by atoms with Crippen molar-refractivity contribution in [3.63, 3.8) is 0 Å². The van der Waals surface area contributed by atoms with Crippen molar-refractivity contribution in [3.8, 4) is 0 Å². The summed E-state index contributed by atoms with van der Waals surface area (Å²) in [7, 11) is 0. The first-order valence-electron chi connectivity index (χ1n) is 6.02. The average Bonchev–Trinajstić information content (AvgIpc) is 2.12. The van der Waals surface area contributed by atoms with Crippen LogP contribution in [0.15, 0.2) is 12.7 Å². The summed E-state index contributed by atoms with van der Waals surface area (Å²) in [6.07, 6.45) is 2.19. The van der Waals surface area contributed by atoms with Crippen LogP contribution in [0.25, 0.3) is 0 Å². The molecule has 4 nitrogen and oxygen atoms in total. The van der Waals surface area contributed by atoms with E-state index in [-0.39, 0.29) is 17.1 Å². The summed E-state index contributed by atoms with van der Waals surface area (Å²) in [4.78, 5) is 14.0. The zero-order valence-electron chi connectivity index (χ0n) is 11.3. The Balaban J connectivity index is 2.77. The summed E-state index contributed by atoms with van der Waals surface area (Å²) in [5.74, 6) is -0.0191. The summed E-state index contributed by atoms with van der Waals surface area (Å²) in [6, 6.07) is -0.489. The van der Waals surface area contributed by atoms with Gasteiger partial charge < -0.3 is 15.4 Å². The maximum atomic E-state index is 12.2. The number of carbonyl (C=O) groups is 1. The van der Waals surface area contributed by atoms with Crippen LogP contribution in [0.4, 0.5) is 0 Å². The maximum Gasteiger partial charge on any atom is 0.240 e. The first-order valence-corrected chi connectivity index (χ1v) is 6.02. The Morgan fingerprint density at radius 1 is 1.41 bits per heavy atom. The third kappa shape index (κ3) is 3.82. The molecule has 1 aliphatic rings. The fraction of sp³-hybridized carbons (Fsp3) is 0.769. The highest BCUT2D eigenvalue weighted by Gasteiger charge is 2.40. The molecule has 0 bridgehead atoms. The van der Waals surface area contributed by atoms with Gasteiger partial charge in [0.05, 0.1) is 17.2 Å². The monoisotopic (exact) mass is 240 g/mol.